The fraction of sp³-hybridized carbons (Fsp3) is 0.412. The fourth-order valence-corrected chi connectivity index (χ4v) is 2.98. The number of hydrogen-bond acceptors (Lipinski definition) is 3. The second kappa shape index (κ2) is 5.71. The minimum Gasteiger partial charge on any atom is -0.465 e. The zero-order valence-electron chi connectivity index (χ0n) is 12.1. The molecular formula is C17H22N2O. The van der Waals surface area contributed by atoms with Crippen molar-refractivity contribution in [1.82, 2.24) is 0 Å². The monoisotopic (exact) mass is 270 g/mol. The third-order valence-electron chi connectivity index (χ3n) is 4.09. The van der Waals surface area contributed by atoms with E-state index in [2.05, 4.69) is 35.2 Å². The van der Waals surface area contributed by atoms with Crippen molar-refractivity contribution in [1.29, 1.82) is 0 Å². The van der Waals surface area contributed by atoms with Crippen LogP contribution in [0.1, 0.15) is 35.5 Å². The summed E-state index contributed by atoms with van der Waals surface area (Å²) in [5, 5.41) is 0. The maximum absolute atomic E-state index is 5.67. The highest BCUT2D eigenvalue weighted by Crippen LogP contribution is 2.28. The maximum atomic E-state index is 5.67. The number of fused-ring (bicyclic) bond motifs is 1. The Morgan fingerprint density at radius 1 is 1.25 bits per heavy atom. The van der Waals surface area contributed by atoms with Gasteiger partial charge in [0.25, 0.3) is 0 Å². The van der Waals surface area contributed by atoms with Gasteiger partial charge in [0.2, 0.25) is 0 Å². The summed E-state index contributed by atoms with van der Waals surface area (Å²) in [6.45, 7) is 4.52. The molecule has 2 aromatic rings. The maximum Gasteiger partial charge on any atom is 0.118 e. The van der Waals surface area contributed by atoms with E-state index in [0.717, 1.165) is 24.6 Å². The van der Waals surface area contributed by atoms with Gasteiger partial charge in [0.1, 0.15) is 11.5 Å². The zero-order chi connectivity index (χ0) is 13.9. The Kier molecular flexibility index (Phi) is 3.79. The summed E-state index contributed by atoms with van der Waals surface area (Å²) in [6, 6.07) is 10.9. The molecule has 2 heterocycles. The SMILES string of the molecule is Cc1oc(CN)cc1CN1CCCCc2ccccc21. The van der Waals surface area contributed by atoms with Gasteiger partial charge in [-0.15, -0.1) is 0 Å². The van der Waals surface area contributed by atoms with Crippen molar-refractivity contribution in [3.8, 4) is 0 Å². The number of para-hydroxylation sites is 1. The number of nitrogens with two attached hydrogens (primary N) is 1. The molecule has 0 fully saturated rings. The van der Waals surface area contributed by atoms with E-state index in [-0.39, 0.29) is 0 Å². The minimum absolute atomic E-state index is 0.470. The van der Waals surface area contributed by atoms with Crippen LogP contribution in [0.25, 0.3) is 0 Å². The molecule has 20 heavy (non-hydrogen) atoms. The highest BCUT2D eigenvalue weighted by molar-refractivity contribution is 5.55. The van der Waals surface area contributed by atoms with E-state index in [1.54, 1.807) is 0 Å². The van der Waals surface area contributed by atoms with E-state index >= 15 is 0 Å². The Bertz CT molecular complexity index is 588. The Labute approximate surface area is 120 Å². The summed E-state index contributed by atoms with van der Waals surface area (Å²) in [5.41, 5.74) is 9.75. The van der Waals surface area contributed by atoms with E-state index in [4.69, 9.17) is 10.2 Å². The number of hydrogen-bond donors (Lipinski definition) is 1. The molecule has 0 atom stereocenters. The summed E-state index contributed by atoms with van der Waals surface area (Å²) in [6.07, 6.45) is 3.70. The van der Waals surface area contributed by atoms with Gasteiger partial charge in [-0.3, -0.25) is 0 Å². The number of anilines is 1. The lowest BCUT2D eigenvalue weighted by Gasteiger charge is -2.24. The molecule has 0 amide bonds. The van der Waals surface area contributed by atoms with E-state index < -0.39 is 0 Å². The summed E-state index contributed by atoms with van der Waals surface area (Å²) in [5.74, 6) is 1.87. The van der Waals surface area contributed by atoms with Gasteiger partial charge in [0.15, 0.2) is 0 Å². The normalized spacial score (nSPS) is 15.0. The Morgan fingerprint density at radius 2 is 2.10 bits per heavy atom. The molecule has 0 saturated heterocycles. The topological polar surface area (TPSA) is 42.4 Å². The fourth-order valence-electron chi connectivity index (χ4n) is 2.98. The molecule has 0 aliphatic carbocycles. The predicted octanol–water partition coefficient (Wildman–Crippen LogP) is 3.39. The molecule has 1 aromatic carbocycles. The Hall–Kier alpha value is -1.74. The summed E-state index contributed by atoms with van der Waals surface area (Å²) in [7, 11) is 0. The number of furan rings is 1. The van der Waals surface area contributed by atoms with Gasteiger partial charge in [-0.05, 0) is 43.9 Å². The van der Waals surface area contributed by atoms with Crippen molar-refractivity contribution in [3.63, 3.8) is 0 Å². The molecule has 106 valence electrons. The first kappa shape index (κ1) is 13.3. The van der Waals surface area contributed by atoms with Gasteiger partial charge in [-0.1, -0.05) is 18.2 Å². The molecule has 3 rings (SSSR count). The van der Waals surface area contributed by atoms with Crippen LogP contribution in [0.2, 0.25) is 0 Å². The van der Waals surface area contributed by atoms with E-state index in [0.29, 0.717) is 6.54 Å². The van der Waals surface area contributed by atoms with Crippen LogP contribution in [0, 0.1) is 6.92 Å². The molecule has 0 spiro atoms. The van der Waals surface area contributed by atoms with E-state index in [1.165, 1.54) is 36.1 Å². The van der Waals surface area contributed by atoms with Crippen LogP contribution in [-0.2, 0) is 19.5 Å². The molecule has 3 heteroatoms. The average molecular weight is 270 g/mol. The molecule has 0 bridgehead atoms. The molecule has 0 unspecified atom stereocenters. The van der Waals surface area contributed by atoms with Crippen molar-refractivity contribution in [3.05, 3.63) is 53.0 Å². The number of nitrogens with zero attached hydrogens (tertiary/aromatic N) is 1. The summed E-state index contributed by atoms with van der Waals surface area (Å²) < 4.78 is 5.67. The van der Waals surface area contributed by atoms with Gasteiger partial charge in [-0.2, -0.15) is 0 Å². The van der Waals surface area contributed by atoms with Crippen molar-refractivity contribution < 1.29 is 4.42 Å². The summed E-state index contributed by atoms with van der Waals surface area (Å²) >= 11 is 0. The molecule has 0 saturated carbocycles. The minimum atomic E-state index is 0.470. The van der Waals surface area contributed by atoms with Crippen molar-refractivity contribution in [2.45, 2.75) is 39.3 Å². The Balaban J connectivity index is 1.88. The third kappa shape index (κ3) is 2.59. The smallest absolute Gasteiger partial charge is 0.118 e. The number of rotatable bonds is 3. The van der Waals surface area contributed by atoms with E-state index in [9.17, 15) is 0 Å². The standard InChI is InChI=1S/C17H22N2O/c1-13-15(10-16(11-18)20-13)12-19-9-5-4-7-14-6-2-3-8-17(14)19/h2-3,6,8,10H,4-5,7,9,11-12,18H2,1H3. The molecule has 1 aliphatic heterocycles. The zero-order valence-corrected chi connectivity index (χ0v) is 12.1. The highest BCUT2D eigenvalue weighted by atomic mass is 16.3. The van der Waals surface area contributed by atoms with Gasteiger partial charge in [0.05, 0.1) is 6.54 Å². The predicted molar refractivity (Wildman–Crippen MR) is 81.8 cm³/mol. The van der Waals surface area contributed by atoms with Crippen LogP contribution >= 0.6 is 0 Å². The lowest BCUT2D eigenvalue weighted by molar-refractivity contribution is 0.482. The van der Waals surface area contributed by atoms with Crippen molar-refractivity contribution in [2.24, 2.45) is 5.73 Å². The second-order valence-corrected chi connectivity index (χ2v) is 5.51. The molecule has 1 aliphatic rings. The van der Waals surface area contributed by atoms with Gasteiger partial charge >= 0.3 is 0 Å². The molecule has 2 N–H and O–H groups in total. The van der Waals surface area contributed by atoms with Crippen LogP contribution < -0.4 is 10.6 Å². The Morgan fingerprint density at radius 3 is 2.90 bits per heavy atom. The third-order valence-corrected chi connectivity index (χ3v) is 4.09. The second-order valence-electron chi connectivity index (χ2n) is 5.51. The van der Waals surface area contributed by atoms with Gasteiger partial charge in [-0.25, -0.2) is 0 Å². The van der Waals surface area contributed by atoms with Gasteiger partial charge in [0, 0.05) is 24.3 Å². The van der Waals surface area contributed by atoms with Crippen LogP contribution in [0.5, 0.6) is 0 Å². The van der Waals surface area contributed by atoms with Crippen molar-refractivity contribution in [2.75, 3.05) is 11.4 Å². The number of benzene rings is 1. The largest absolute Gasteiger partial charge is 0.465 e. The molecule has 0 radical (unpaired) electrons. The average Bonchev–Trinajstić information content (AvgIpc) is 2.70. The van der Waals surface area contributed by atoms with Crippen LogP contribution in [0.15, 0.2) is 34.7 Å². The van der Waals surface area contributed by atoms with Gasteiger partial charge < -0.3 is 15.1 Å². The van der Waals surface area contributed by atoms with Crippen LogP contribution in [0.3, 0.4) is 0 Å². The van der Waals surface area contributed by atoms with Crippen LogP contribution in [0.4, 0.5) is 5.69 Å². The lowest BCUT2D eigenvalue weighted by atomic mass is 10.1. The van der Waals surface area contributed by atoms with Crippen LogP contribution in [-0.4, -0.2) is 6.54 Å². The first-order valence-electron chi connectivity index (χ1n) is 7.39. The lowest BCUT2D eigenvalue weighted by Crippen LogP contribution is -2.23. The quantitative estimate of drug-likeness (QED) is 0.929. The first-order chi connectivity index (χ1) is 9.78. The van der Waals surface area contributed by atoms with Crippen molar-refractivity contribution >= 4 is 5.69 Å². The molecule has 1 aromatic heterocycles. The molecular weight excluding hydrogens is 248 g/mol. The van der Waals surface area contributed by atoms with E-state index in [1.807, 2.05) is 6.92 Å². The highest BCUT2D eigenvalue weighted by Gasteiger charge is 2.17. The molecule has 3 nitrogen and oxygen atoms in total. The number of aryl methyl sites for hydroxylation is 2. The summed E-state index contributed by atoms with van der Waals surface area (Å²) in [4.78, 5) is 2.47. The first-order valence-corrected chi connectivity index (χ1v) is 7.39.